The number of nitrogens with zero attached hydrogens (tertiary/aromatic N) is 5. The van der Waals surface area contributed by atoms with Gasteiger partial charge in [0, 0.05) is 24.2 Å². The van der Waals surface area contributed by atoms with Gasteiger partial charge in [0.2, 0.25) is 5.78 Å². The minimum Gasteiger partial charge on any atom is -0.495 e. The van der Waals surface area contributed by atoms with Crippen molar-refractivity contribution in [3.63, 3.8) is 0 Å². The van der Waals surface area contributed by atoms with Gasteiger partial charge in [0.1, 0.15) is 17.3 Å². The molecule has 11 nitrogen and oxygen atoms in total. The van der Waals surface area contributed by atoms with E-state index in [4.69, 9.17) is 19.9 Å². The van der Waals surface area contributed by atoms with Crippen LogP contribution in [0.4, 0.5) is 5.69 Å². The second kappa shape index (κ2) is 10.6. The molecule has 11 heteroatoms. The number of fused-ring (bicyclic) bond motifs is 1. The van der Waals surface area contributed by atoms with Gasteiger partial charge < -0.3 is 19.9 Å². The number of methoxy groups -OCH3 is 3. The van der Waals surface area contributed by atoms with Gasteiger partial charge in [0.05, 0.1) is 55.8 Å². The fourth-order valence-corrected chi connectivity index (χ4v) is 4.76. The van der Waals surface area contributed by atoms with Crippen LogP contribution in [0.1, 0.15) is 11.5 Å². The molecule has 1 aliphatic heterocycles. The molecule has 40 heavy (non-hydrogen) atoms. The second-order valence-electron chi connectivity index (χ2n) is 8.68. The first-order chi connectivity index (χ1) is 19.4. The molecule has 0 spiro atoms. The molecule has 4 aromatic rings. The first-order valence-electron chi connectivity index (χ1n) is 12.1. The van der Waals surface area contributed by atoms with Gasteiger partial charge in [-0.1, -0.05) is 30.3 Å². The monoisotopic (exact) mass is 536 g/mol. The maximum Gasteiger partial charge on any atom is 0.355 e. The highest BCUT2D eigenvalue weighted by Crippen LogP contribution is 2.46. The van der Waals surface area contributed by atoms with Crippen LogP contribution in [0.25, 0.3) is 17.0 Å². The molecule has 3 heterocycles. The number of ether oxygens (including phenoxy) is 3. The summed E-state index contributed by atoms with van der Waals surface area (Å²) in [7, 11) is 3.85. The SMILES string of the molecule is COC(=O)C1=C(C(=O)OC)N(c2cc(-c3cn4cccnc4n3)ccc2OC)C(N)=C(C#N)C1c1ccccc1. The maximum atomic E-state index is 13.4. The number of rotatable bonds is 6. The standard InChI is InChI=1S/C29H24N6O5/c1-38-22-11-10-18(20-16-34-13-7-12-32-29(34)33-20)14-21(22)35-25(28(37)40-3)24(27(36)39-2)23(19(15-30)26(35)31)17-8-5-4-6-9-17/h4-14,16,23H,31H2,1-3H3. The van der Waals surface area contributed by atoms with Crippen LogP contribution in [0.3, 0.4) is 0 Å². The molecular formula is C29H24N6O5. The molecule has 200 valence electrons. The number of nitrogens with two attached hydrogens (primary N) is 1. The van der Waals surface area contributed by atoms with Gasteiger partial charge in [0.15, 0.2) is 0 Å². The van der Waals surface area contributed by atoms with Crippen molar-refractivity contribution >= 4 is 23.4 Å². The molecule has 0 aliphatic carbocycles. The lowest BCUT2D eigenvalue weighted by molar-refractivity contribution is -0.139. The number of carbonyl (C=O) groups excluding carboxylic acids is 2. The maximum absolute atomic E-state index is 13.4. The minimum atomic E-state index is -0.984. The number of allylic oxidation sites excluding steroid dienone is 1. The van der Waals surface area contributed by atoms with Crippen LogP contribution in [0.15, 0.2) is 95.9 Å². The number of anilines is 1. The lowest BCUT2D eigenvalue weighted by Gasteiger charge is -2.36. The van der Waals surface area contributed by atoms with E-state index in [1.54, 1.807) is 71.4 Å². The van der Waals surface area contributed by atoms with E-state index in [9.17, 15) is 14.9 Å². The fourth-order valence-electron chi connectivity index (χ4n) is 4.76. The molecule has 0 radical (unpaired) electrons. The molecule has 1 atom stereocenters. The predicted molar refractivity (Wildman–Crippen MR) is 145 cm³/mol. The van der Waals surface area contributed by atoms with Crippen molar-refractivity contribution in [1.29, 1.82) is 5.26 Å². The molecule has 5 rings (SSSR count). The molecule has 0 saturated heterocycles. The molecule has 0 amide bonds. The molecule has 0 saturated carbocycles. The minimum absolute atomic E-state index is 0.0450. The average Bonchev–Trinajstić information content (AvgIpc) is 3.44. The third kappa shape index (κ3) is 4.27. The number of carbonyl (C=O) groups is 2. The third-order valence-electron chi connectivity index (χ3n) is 6.56. The third-order valence-corrected chi connectivity index (χ3v) is 6.56. The van der Waals surface area contributed by atoms with Crippen molar-refractivity contribution in [1.82, 2.24) is 14.4 Å². The number of esters is 2. The molecule has 0 bridgehead atoms. The highest BCUT2D eigenvalue weighted by molar-refractivity contribution is 6.06. The Kier molecular flexibility index (Phi) is 6.90. The van der Waals surface area contributed by atoms with Crippen molar-refractivity contribution in [2.75, 3.05) is 26.2 Å². The second-order valence-corrected chi connectivity index (χ2v) is 8.68. The molecule has 2 N–H and O–H groups in total. The van der Waals surface area contributed by atoms with Crippen molar-refractivity contribution in [2.45, 2.75) is 5.92 Å². The topological polar surface area (TPSA) is 145 Å². The lowest BCUT2D eigenvalue weighted by atomic mass is 9.81. The Bertz CT molecular complexity index is 1700. The van der Waals surface area contributed by atoms with E-state index in [0.29, 0.717) is 28.3 Å². The van der Waals surface area contributed by atoms with E-state index in [0.717, 1.165) is 0 Å². The van der Waals surface area contributed by atoms with Crippen LogP contribution < -0.4 is 15.4 Å². The molecule has 2 aromatic heterocycles. The Labute approximate surface area is 229 Å². The predicted octanol–water partition coefficient (Wildman–Crippen LogP) is 3.30. The van der Waals surface area contributed by atoms with E-state index in [1.165, 1.54) is 26.2 Å². The van der Waals surface area contributed by atoms with Crippen molar-refractivity contribution in [3.05, 3.63) is 101 Å². The number of benzene rings is 2. The Morgan fingerprint density at radius 3 is 2.42 bits per heavy atom. The molecule has 0 fully saturated rings. The quantitative estimate of drug-likeness (QED) is 0.364. The van der Waals surface area contributed by atoms with Gasteiger partial charge in [-0.05, 0) is 29.8 Å². The normalized spacial score (nSPS) is 15.2. The van der Waals surface area contributed by atoms with Gasteiger partial charge >= 0.3 is 11.9 Å². The van der Waals surface area contributed by atoms with Gasteiger partial charge in [-0.2, -0.15) is 5.26 Å². The van der Waals surface area contributed by atoms with Gasteiger partial charge in [-0.3, -0.25) is 9.30 Å². The van der Waals surface area contributed by atoms with E-state index in [2.05, 4.69) is 16.0 Å². The summed E-state index contributed by atoms with van der Waals surface area (Å²) in [5.74, 6) is -1.92. The molecule has 2 aromatic carbocycles. The first-order valence-corrected chi connectivity index (χ1v) is 12.1. The van der Waals surface area contributed by atoms with Crippen LogP contribution in [-0.2, 0) is 19.1 Å². The summed E-state index contributed by atoms with van der Waals surface area (Å²) in [6.07, 6.45) is 5.25. The fraction of sp³-hybridized carbons (Fsp3) is 0.138. The Hall–Kier alpha value is -5.63. The highest BCUT2D eigenvalue weighted by atomic mass is 16.5. The van der Waals surface area contributed by atoms with E-state index in [-0.39, 0.29) is 28.4 Å². The molecular weight excluding hydrogens is 512 g/mol. The molecule has 1 unspecified atom stereocenters. The Morgan fingerprint density at radius 1 is 1.02 bits per heavy atom. The number of hydrogen-bond donors (Lipinski definition) is 1. The summed E-state index contributed by atoms with van der Waals surface area (Å²) in [6.45, 7) is 0. The summed E-state index contributed by atoms with van der Waals surface area (Å²) in [6, 6.07) is 17.9. The molecule has 1 aliphatic rings. The Morgan fingerprint density at radius 2 is 1.77 bits per heavy atom. The number of imidazole rings is 1. The summed E-state index contributed by atoms with van der Waals surface area (Å²) in [5.41, 5.74) is 8.48. The number of aromatic nitrogens is 3. The van der Waals surface area contributed by atoms with Crippen molar-refractivity contribution < 1.29 is 23.8 Å². The van der Waals surface area contributed by atoms with Crippen LogP contribution in [0.2, 0.25) is 0 Å². The van der Waals surface area contributed by atoms with Gasteiger partial charge in [0.25, 0.3) is 0 Å². The average molecular weight is 537 g/mol. The van der Waals surface area contributed by atoms with Gasteiger partial charge in [-0.15, -0.1) is 0 Å². The van der Waals surface area contributed by atoms with Crippen molar-refractivity contribution in [3.8, 4) is 23.1 Å². The number of hydrogen-bond acceptors (Lipinski definition) is 10. The van der Waals surface area contributed by atoms with Crippen LogP contribution >= 0.6 is 0 Å². The smallest absolute Gasteiger partial charge is 0.355 e. The van der Waals surface area contributed by atoms with Crippen LogP contribution in [0.5, 0.6) is 5.75 Å². The van der Waals surface area contributed by atoms with Crippen LogP contribution in [0, 0.1) is 11.3 Å². The van der Waals surface area contributed by atoms with E-state index < -0.39 is 17.9 Å². The highest BCUT2D eigenvalue weighted by Gasteiger charge is 2.43. The zero-order valence-electron chi connectivity index (χ0n) is 21.9. The van der Waals surface area contributed by atoms with Crippen molar-refractivity contribution in [2.24, 2.45) is 5.73 Å². The summed E-state index contributed by atoms with van der Waals surface area (Å²) in [4.78, 5) is 36.9. The summed E-state index contributed by atoms with van der Waals surface area (Å²) in [5, 5.41) is 10.3. The summed E-state index contributed by atoms with van der Waals surface area (Å²) < 4.78 is 17.6. The van der Waals surface area contributed by atoms with E-state index >= 15 is 0 Å². The number of nitriles is 1. The first kappa shape index (κ1) is 26.0. The zero-order chi connectivity index (χ0) is 28.4. The summed E-state index contributed by atoms with van der Waals surface area (Å²) >= 11 is 0. The Balaban J connectivity index is 1.81. The van der Waals surface area contributed by atoms with E-state index in [1.807, 2.05) is 6.20 Å². The zero-order valence-corrected chi connectivity index (χ0v) is 21.9. The van der Waals surface area contributed by atoms with Gasteiger partial charge in [-0.25, -0.2) is 19.6 Å². The largest absolute Gasteiger partial charge is 0.495 e. The van der Waals surface area contributed by atoms with Crippen LogP contribution in [-0.4, -0.2) is 47.6 Å². The lowest BCUT2D eigenvalue weighted by Crippen LogP contribution is -2.41.